The molecule has 24 heavy (non-hydrogen) atoms. The number of phenols is 1. The first-order chi connectivity index (χ1) is 11.7. The van der Waals surface area contributed by atoms with Gasteiger partial charge in [-0.05, 0) is 55.2 Å². The Hall–Kier alpha value is -1.61. The van der Waals surface area contributed by atoms with Gasteiger partial charge in [0.05, 0.1) is 15.5 Å². The van der Waals surface area contributed by atoms with Crippen molar-refractivity contribution in [2.24, 2.45) is 0 Å². The maximum atomic E-state index is 12.6. The Morgan fingerprint density at radius 1 is 0.917 bits per heavy atom. The summed E-state index contributed by atoms with van der Waals surface area (Å²) in [4.78, 5) is 0. The quantitative estimate of drug-likeness (QED) is 0.596. The molecule has 0 aromatic heterocycles. The molecule has 1 fully saturated rings. The largest absolute Gasteiger partial charge is 0.508 e. The summed E-state index contributed by atoms with van der Waals surface area (Å²) in [6.45, 7) is -0.215. The summed E-state index contributed by atoms with van der Waals surface area (Å²) in [6, 6.07) is 21.4. The maximum absolute atomic E-state index is 12.6. The van der Waals surface area contributed by atoms with Crippen molar-refractivity contribution in [3.63, 3.8) is 0 Å². The number of unbranched alkanes of at least 4 members (excludes halogenated alkanes) is 1. The molecule has 1 N–H and O–H groups in total. The molecule has 0 unspecified atom stereocenters. The van der Waals surface area contributed by atoms with E-state index < -0.39 is 8.80 Å². The summed E-state index contributed by atoms with van der Waals surface area (Å²) < 4.78 is 12.6. The molecule has 2 aromatic rings. The first-order valence-corrected chi connectivity index (χ1v) is 11.3. The lowest BCUT2D eigenvalue weighted by atomic mass is 9.72. The van der Waals surface area contributed by atoms with E-state index in [1.807, 2.05) is 0 Å². The molecule has 0 atom stereocenters. The van der Waals surface area contributed by atoms with Gasteiger partial charge >= 0.3 is 0 Å². The zero-order valence-electron chi connectivity index (χ0n) is 14.3. The predicted molar refractivity (Wildman–Crippen MR) is 102 cm³/mol. The van der Waals surface area contributed by atoms with E-state index >= 15 is 0 Å². The van der Waals surface area contributed by atoms with E-state index in [0.717, 1.165) is 12.8 Å². The van der Waals surface area contributed by atoms with Gasteiger partial charge < -0.3 is 5.11 Å². The van der Waals surface area contributed by atoms with Gasteiger partial charge in [-0.15, -0.1) is 0 Å². The summed E-state index contributed by atoms with van der Waals surface area (Å²) in [5, 5.41) is 11.2. The molecule has 2 aromatic carbocycles. The second kappa shape index (κ2) is 7.97. The molecule has 0 bridgehead atoms. The van der Waals surface area contributed by atoms with Crippen LogP contribution in [-0.2, 0) is 5.41 Å². The van der Waals surface area contributed by atoms with E-state index in [2.05, 4.69) is 42.5 Å². The van der Waals surface area contributed by atoms with Crippen LogP contribution in [0.3, 0.4) is 0 Å². The minimum absolute atomic E-state index is 0.182. The lowest BCUT2D eigenvalue weighted by molar-refractivity contribution is 0.328. The summed E-state index contributed by atoms with van der Waals surface area (Å²) >= 11 is 0. The number of rotatable bonds is 6. The van der Waals surface area contributed by atoms with Crippen LogP contribution in [-0.4, -0.2) is 20.6 Å². The van der Waals surface area contributed by atoms with E-state index in [1.165, 1.54) is 30.5 Å². The van der Waals surface area contributed by atoms with Gasteiger partial charge in [0, 0.05) is 0 Å². The summed E-state index contributed by atoms with van der Waals surface area (Å²) in [7, 11) is -0.865. The lowest BCUT2D eigenvalue weighted by Crippen LogP contribution is -2.40. The first-order valence-electron chi connectivity index (χ1n) is 9.14. The highest BCUT2D eigenvalue weighted by Crippen LogP contribution is 2.44. The van der Waals surface area contributed by atoms with Crippen LogP contribution in [0.2, 0.25) is 12.1 Å². The van der Waals surface area contributed by atoms with Crippen molar-refractivity contribution in [3.05, 3.63) is 60.2 Å². The zero-order valence-corrected chi connectivity index (χ0v) is 15.4. The molecule has 0 saturated carbocycles. The standard InChI is InChI=1S/C21H27FOSi/c22-15-5-4-12-21(18-8-10-19(23)11-9-18)13-16-24(17-14-21)20-6-2-1-3-7-20/h1-3,6-11,23-24H,4-5,12-17H2. The molecule has 1 nitrogen and oxygen atoms in total. The second-order valence-electron chi connectivity index (χ2n) is 7.16. The molecular weight excluding hydrogens is 315 g/mol. The fraction of sp³-hybridized carbons (Fsp3) is 0.429. The number of alkyl halides is 1. The molecule has 3 heteroatoms. The topological polar surface area (TPSA) is 20.2 Å². The molecule has 128 valence electrons. The Bertz CT molecular complexity index is 618. The van der Waals surface area contributed by atoms with Crippen LogP contribution in [0.25, 0.3) is 0 Å². The van der Waals surface area contributed by atoms with Gasteiger partial charge in [-0.25, -0.2) is 0 Å². The Morgan fingerprint density at radius 2 is 1.58 bits per heavy atom. The Kier molecular flexibility index (Phi) is 5.72. The Morgan fingerprint density at radius 3 is 2.21 bits per heavy atom. The molecule has 0 spiro atoms. The highest BCUT2D eigenvalue weighted by Gasteiger charge is 2.37. The highest BCUT2D eigenvalue weighted by molar-refractivity contribution is 6.73. The summed E-state index contributed by atoms with van der Waals surface area (Å²) in [5.74, 6) is 0.324. The predicted octanol–water partition coefficient (Wildman–Crippen LogP) is 4.70. The van der Waals surface area contributed by atoms with Gasteiger partial charge in [0.2, 0.25) is 0 Å². The van der Waals surface area contributed by atoms with Crippen LogP contribution in [0.15, 0.2) is 54.6 Å². The van der Waals surface area contributed by atoms with E-state index in [9.17, 15) is 9.50 Å². The van der Waals surface area contributed by atoms with Gasteiger partial charge in [0.1, 0.15) is 5.75 Å². The van der Waals surface area contributed by atoms with Gasteiger partial charge in [-0.2, -0.15) is 0 Å². The van der Waals surface area contributed by atoms with Crippen LogP contribution in [0.1, 0.15) is 37.7 Å². The van der Waals surface area contributed by atoms with Crippen molar-refractivity contribution in [2.45, 2.75) is 49.6 Å². The third-order valence-electron chi connectivity index (χ3n) is 5.73. The molecule has 0 amide bonds. The van der Waals surface area contributed by atoms with Gasteiger partial charge in [-0.3, -0.25) is 4.39 Å². The molecule has 1 heterocycles. The Balaban J connectivity index is 1.76. The van der Waals surface area contributed by atoms with Crippen LogP contribution >= 0.6 is 0 Å². The van der Waals surface area contributed by atoms with Crippen molar-refractivity contribution in [2.75, 3.05) is 6.67 Å². The number of benzene rings is 2. The SMILES string of the molecule is Oc1ccc(C2(CCCCF)CC[SiH](c3ccccc3)CC2)cc1. The number of hydrogen-bond donors (Lipinski definition) is 1. The van der Waals surface area contributed by atoms with Crippen LogP contribution in [0.4, 0.5) is 4.39 Å². The number of halogens is 1. The third-order valence-corrected chi connectivity index (χ3v) is 9.03. The highest BCUT2D eigenvalue weighted by atomic mass is 28.3. The second-order valence-corrected chi connectivity index (χ2v) is 10.4. The van der Waals surface area contributed by atoms with Crippen molar-refractivity contribution >= 4 is 14.0 Å². The number of hydrogen-bond acceptors (Lipinski definition) is 1. The monoisotopic (exact) mass is 342 g/mol. The van der Waals surface area contributed by atoms with Crippen LogP contribution in [0, 0.1) is 0 Å². The van der Waals surface area contributed by atoms with Crippen molar-refractivity contribution < 1.29 is 9.50 Å². The van der Waals surface area contributed by atoms with Crippen LogP contribution in [0.5, 0.6) is 5.75 Å². The lowest BCUT2D eigenvalue weighted by Gasteiger charge is -2.41. The van der Waals surface area contributed by atoms with Crippen molar-refractivity contribution in [1.82, 2.24) is 0 Å². The van der Waals surface area contributed by atoms with E-state index in [4.69, 9.17) is 0 Å². The van der Waals surface area contributed by atoms with Crippen molar-refractivity contribution in [1.29, 1.82) is 0 Å². The molecule has 1 aliphatic heterocycles. The smallest absolute Gasteiger partial charge is 0.115 e. The Labute approximate surface area is 146 Å². The molecule has 3 rings (SSSR count). The van der Waals surface area contributed by atoms with E-state index in [0.29, 0.717) is 12.2 Å². The number of aromatic hydroxyl groups is 1. The van der Waals surface area contributed by atoms with Gasteiger partial charge in [0.15, 0.2) is 0 Å². The average molecular weight is 343 g/mol. The normalized spacial score (nSPS) is 24.0. The van der Waals surface area contributed by atoms with E-state index in [1.54, 1.807) is 17.3 Å². The fourth-order valence-electron chi connectivity index (χ4n) is 4.28. The molecule has 0 aliphatic carbocycles. The average Bonchev–Trinajstić information content (AvgIpc) is 2.64. The van der Waals surface area contributed by atoms with E-state index in [-0.39, 0.29) is 12.1 Å². The molecule has 1 aliphatic rings. The third kappa shape index (κ3) is 3.89. The fourth-order valence-corrected chi connectivity index (χ4v) is 7.81. The first kappa shape index (κ1) is 17.2. The number of phenolic OH excluding ortho intramolecular Hbond substituents is 1. The minimum Gasteiger partial charge on any atom is -0.508 e. The maximum Gasteiger partial charge on any atom is 0.115 e. The van der Waals surface area contributed by atoms with Gasteiger partial charge in [-0.1, -0.05) is 59.7 Å². The van der Waals surface area contributed by atoms with Gasteiger partial charge in [0.25, 0.3) is 0 Å². The zero-order chi connectivity index (χ0) is 16.8. The molecule has 0 radical (unpaired) electrons. The van der Waals surface area contributed by atoms with Crippen LogP contribution < -0.4 is 5.19 Å². The molecule has 1 saturated heterocycles. The minimum atomic E-state index is -0.865. The summed E-state index contributed by atoms with van der Waals surface area (Å²) in [6.07, 6.45) is 5.09. The molecular formula is C21H27FOSi. The summed E-state index contributed by atoms with van der Waals surface area (Å²) in [5.41, 5.74) is 1.51. The van der Waals surface area contributed by atoms with Crippen molar-refractivity contribution in [3.8, 4) is 5.75 Å².